The number of esters is 1. The Morgan fingerprint density at radius 1 is 1.06 bits per heavy atom. The second-order valence-electron chi connectivity index (χ2n) is 4.41. The molecule has 1 aliphatic rings. The molecule has 1 aromatic rings. The van der Waals surface area contributed by atoms with E-state index in [0.29, 0.717) is 18.4 Å². The number of benzene rings is 1. The summed E-state index contributed by atoms with van der Waals surface area (Å²) in [7, 11) is 1.37. The molecule has 0 fully saturated rings. The Morgan fingerprint density at radius 2 is 1.67 bits per heavy atom. The normalized spacial score (nSPS) is 22.5. The molecule has 0 amide bonds. The van der Waals surface area contributed by atoms with Crippen molar-refractivity contribution in [1.82, 2.24) is 0 Å². The topological polar surface area (TPSA) is 43.4 Å². The number of carbonyl (C=O) groups excluding carboxylic acids is 2. The highest BCUT2D eigenvalue weighted by Crippen LogP contribution is 2.29. The number of hydrogen-bond donors (Lipinski definition) is 0. The molecule has 0 heterocycles. The molecule has 2 atom stereocenters. The minimum Gasteiger partial charge on any atom is -0.469 e. The molecular weight excluding hydrogens is 228 g/mol. The maximum Gasteiger partial charge on any atom is 0.309 e. The van der Waals surface area contributed by atoms with Crippen molar-refractivity contribution < 1.29 is 14.3 Å². The van der Waals surface area contributed by atoms with Gasteiger partial charge in [0.05, 0.1) is 13.0 Å². The number of rotatable bonds is 3. The lowest BCUT2D eigenvalue weighted by atomic mass is 9.78. The molecule has 0 radical (unpaired) electrons. The molecule has 0 aromatic heterocycles. The van der Waals surface area contributed by atoms with Gasteiger partial charge >= 0.3 is 5.97 Å². The van der Waals surface area contributed by atoms with E-state index in [2.05, 4.69) is 0 Å². The van der Waals surface area contributed by atoms with E-state index >= 15 is 0 Å². The van der Waals surface area contributed by atoms with E-state index in [9.17, 15) is 9.59 Å². The fraction of sp³-hybridized carbons (Fsp3) is 0.333. The smallest absolute Gasteiger partial charge is 0.309 e. The lowest BCUT2D eigenvalue weighted by Gasteiger charge is -2.25. The van der Waals surface area contributed by atoms with Crippen LogP contribution in [-0.4, -0.2) is 18.9 Å². The zero-order chi connectivity index (χ0) is 13.0. The van der Waals surface area contributed by atoms with Crippen LogP contribution >= 0.6 is 0 Å². The van der Waals surface area contributed by atoms with Crippen molar-refractivity contribution >= 4 is 11.8 Å². The predicted molar refractivity (Wildman–Crippen MR) is 68.1 cm³/mol. The zero-order valence-corrected chi connectivity index (χ0v) is 10.3. The summed E-state index contributed by atoms with van der Waals surface area (Å²) in [6, 6.07) is 9.11. The van der Waals surface area contributed by atoms with Gasteiger partial charge in [0.2, 0.25) is 0 Å². The summed E-state index contributed by atoms with van der Waals surface area (Å²) in [6.45, 7) is 0. The molecule has 0 saturated carbocycles. The standard InChI is InChI=1S/C15H16O3/c1-18-15(17)13-10-6-5-9-12(13)14(16)11-7-3-2-4-8-11/h2-8,12-13H,9-10H2,1H3/t12-,13+/m1/s1. The third-order valence-corrected chi connectivity index (χ3v) is 3.33. The van der Waals surface area contributed by atoms with Crippen LogP contribution in [0.3, 0.4) is 0 Å². The molecule has 0 unspecified atom stereocenters. The van der Waals surface area contributed by atoms with E-state index in [1.54, 1.807) is 12.1 Å². The Labute approximate surface area is 106 Å². The van der Waals surface area contributed by atoms with E-state index in [1.165, 1.54) is 7.11 Å². The van der Waals surface area contributed by atoms with Crippen molar-refractivity contribution in [3.05, 3.63) is 48.0 Å². The summed E-state index contributed by atoms with van der Waals surface area (Å²) in [5.41, 5.74) is 0.659. The molecule has 1 aromatic carbocycles. The van der Waals surface area contributed by atoms with Gasteiger partial charge in [-0.3, -0.25) is 9.59 Å². The first kappa shape index (κ1) is 12.6. The molecule has 2 rings (SSSR count). The fourth-order valence-electron chi connectivity index (χ4n) is 2.33. The maximum atomic E-state index is 12.4. The number of carbonyl (C=O) groups is 2. The largest absolute Gasteiger partial charge is 0.469 e. The van der Waals surface area contributed by atoms with Crippen molar-refractivity contribution in [3.63, 3.8) is 0 Å². The molecule has 0 saturated heterocycles. The van der Waals surface area contributed by atoms with Crippen LogP contribution in [0.15, 0.2) is 42.5 Å². The van der Waals surface area contributed by atoms with Crippen molar-refractivity contribution in [3.8, 4) is 0 Å². The highest BCUT2D eigenvalue weighted by Gasteiger charge is 2.34. The van der Waals surface area contributed by atoms with Crippen molar-refractivity contribution in [1.29, 1.82) is 0 Å². The van der Waals surface area contributed by atoms with Crippen LogP contribution in [0, 0.1) is 11.8 Å². The predicted octanol–water partition coefficient (Wildman–Crippen LogP) is 2.62. The van der Waals surface area contributed by atoms with Gasteiger partial charge in [0.1, 0.15) is 0 Å². The molecule has 0 N–H and O–H groups in total. The van der Waals surface area contributed by atoms with E-state index in [0.717, 1.165) is 0 Å². The Kier molecular flexibility index (Phi) is 3.92. The number of Topliss-reactive ketones (excluding diaryl/α,β-unsaturated/α-hetero) is 1. The zero-order valence-electron chi connectivity index (χ0n) is 10.3. The number of methoxy groups -OCH3 is 1. The summed E-state index contributed by atoms with van der Waals surface area (Å²) in [6.07, 6.45) is 5.09. The van der Waals surface area contributed by atoms with Crippen molar-refractivity contribution in [2.75, 3.05) is 7.11 Å². The minimum absolute atomic E-state index is 0.0235. The van der Waals surface area contributed by atoms with E-state index < -0.39 is 0 Å². The molecule has 0 bridgehead atoms. The molecule has 18 heavy (non-hydrogen) atoms. The van der Waals surface area contributed by atoms with E-state index in [4.69, 9.17) is 4.74 Å². The first-order valence-corrected chi connectivity index (χ1v) is 6.06. The third-order valence-electron chi connectivity index (χ3n) is 3.33. The number of hydrogen-bond acceptors (Lipinski definition) is 3. The molecular formula is C15H16O3. The summed E-state index contributed by atoms with van der Waals surface area (Å²) in [4.78, 5) is 24.1. The van der Waals surface area contributed by atoms with E-state index in [-0.39, 0.29) is 23.6 Å². The first-order valence-electron chi connectivity index (χ1n) is 6.06. The van der Waals surface area contributed by atoms with Crippen LogP contribution in [0.4, 0.5) is 0 Å². The van der Waals surface area contributed by atoms with Gasteiger partial charge in [0.25, 0.3) is 0 Å². The summed E-state index contributed by atoms with van der Waals surface area (Å²) in [5, 5.41) is 0. The van der Waals surface area contributed by atoms with Gasteiger partial charge in [-0.15, -0.1) is 0 Å². The highest BCUT2D eigenvalue weighted by molar-refractivity contribution is 6.00. The molecule has 3 nitrogen and oxygen atoms in total. The SMILES string of the molecule is COC(=O)[C@H]1CC=CC[C@H]1C(=O)c1ccccc1. The van der Waals surface area contributed by atoms with Crippen LogP contribution in [0.25, 0.3) is 0 Å². The monoisotopic (exact) mass is 244 g/mol. The highest BCUT2D eigenvalue weighted by atomic mass is 16.5. The quantitative estimate of drug-likeness (QED) is 0.466. The summed E-state index contributed by atoms with van der Waals surface area (Å²) < 4.78 is 4.78. The van der Waals surface area contributed by atoms with Crippen LogP contribution in [0.5, 0.6) is 0 Å². The van der Waals surface area contributed by atoms with E-state index in [1.807, 2.05) is 30.4 Å². The number of allylic oxidation sites excluding steroid dienone is 2. The third kappa shape index (κ3) is 2.50. The lowest BCUT2D eigenvalue weighted by Crippen LogP contribution is -2.32. The average molecular weight is 244 g/mol. The van der Waals surface area contributed by atoms with Gasteiger partial charge in [-0.25, -0.2) is 0 Å². The Hall–Kier alpha value is -1.90. The molecule has 0 spiro atoms. The van der Waals surface area contributed by atoms with Gasteiger partial charge in [0.15, 0.2) is 5.78 Å². The Bertz CT molecular complexity index is 462. The molecule has 1 aliphatic carbocycles. The second kappa shape index (κ2) is 5.63. The Morgan fingerprint density at radius 3 is 2.28 bits per heavy atom. The molecule has 0 aliphatic heterocycles. The van der Waals surface area contributed by atoms with Gasteiger partial charge in [-0.05, 0) is 12.8 Å². The maximum absolute atomic E-state index is 12.4. The number of ether oxygens (including phenoxy) is 1. The minimum atomic E-state index is -0.354. The molecule has 94 valence electrons. The van der Waals surface area contributed by atoms with Crippen LogP contribution in [-0.2, 0) is 9.53 Å². The summed E-state index contributed by atoms with van der Waals surface area (Å²) in [5.74, 6) is -0.929. The Balaban J connectivity index is 2.22. The second-order valence-corrected chi connectivity index (χ2v) is 4.41. The van der Waals surface area contributed by atoms with Crippen LogP contribution < -0.4 is 0 Å². The first-order chi connectivity index (χ1) is 8.74. The fourth-order valence-corrected chi connectivity index (χ4v) is 2.33. The molecule has 3 heteroatoms. The van der Waals surface area contributed by atoms with Gasteiger partial charge in [0, 0.05) is 11.5 Å². The van der Waals surface area contributed by atoms with Crippen molar-refractivity contribution in [2.24, 2.45) is 11.8 Å². The van der Waals surface area contributed by atoms with Crippen LogP contribution in [0.1, 0.15) is 23.2 Å². The summed E-state index contributed by atoms with van der Waals surface area (Å²) >= 11 is 0. The average Bonchev–Trinajstić information content (AvgIpc) is 2.46. The lowest BCUT2D eigenvalue weighted by molar-refractivity contribution is -0.146. The van der Waals surface area contributed by atoms with Gasteiger partial charge < -0.3 is 4.74 Å². The van der Waals surface area contributed by atoms with Gasteiger partial charge in [-0.1, -0.05) is 42.5 Å². The van der Waals surface area contributed by atoms with Crippen LogP contribution in [0.2, 0.25) is 0 Å². The number of ketones is 1. The van der Waals surface area contributed by atoms with Crippen molar-refractivity contribution in [2.45, 2.75) is 12.8 Å². The van der Waals surface area contributed by atoms with Gasteiger partial charge in [-0.2, -0.15) is 0 Å².